The third-order valence-corrected chi connectivity index (χ3v) is 3.65. The van der Waals surface area contributed by atoms with Crippen molar-refractivity contribution in [3.63, 3.8) is 0 Å². The number of hydrogen-bond acceptors (Lipinski definition) is 4. The summed E-state index contributed by atoms with van der Waals surface area (Å²) in [5, 5.41) is 8.14. The molecule has 0 saturated heterocycles. The smallest absolute Gasteiger partial charge is 0.148 e. The molecule has 0 aliphatic heterocycles. The normalized spacial score (nSPS) is 13.7. The summed E-state index contributed by atoms with van der Waals surface area (Å²) in [6.07, 6.45) is 1.32. The Hall–Kier alpha value is -0.410. The second-order valence-corrected chi connectivity index (χ2v) is 6.34. The molecule has 0 aliphatic rings. The number of sulfone groups is 1. The van der Waals surface area contributed by atoms with Crippen molar-refractivity contribution in [3.05, 3.63) is 0 Å². The molecule has 0 fully saturated rings. The summed E-state index contributed by atoms with van der Waals surface area (Å²) in [5.41, 5.74) is 0. The number of nitriles is 1. The monoisotopic (exact) mass is 209 g/mol. The fourth-order valence-electron chi connectivity index (χ4n) is 0.506. The molecular weight excluding hydrogens is 198 g/mol. The van der Waals surface area contributed by atoms with Gasteiger partial charge in [0.05, 0.1) is 11.8 Å². The van der Waals surface area contributed by atoms with Crippen LogP contribution < -0.4 is 0 Å². The topological polar surface area (TPSA) is 75.0 Å². The molecule has 0 heterocycles. The van der Waals surface area contributed by atoms with E-state index in [-0.39, 0.29) is 23.7 Å². The molecule has 0 spiro atoms. The Morgan fingerprint density at radius 2 is 2.00 bits per heavy atom. The molecule has 6 heteroatoms. The molecule has 0 amide bonds. The zero-order chi connectivity index (χ0) is 9.61. The Kier molecular flexibility index (Phi) is 5.09. The van der Waals surface area contributed by atoms with Crippen LogP contribution in [-0.4, -0.2) is 36.1 Å². The summed E-state index contributed by atoms with van der Waals surface area (Å²) >= 11 is 0. The molecule has 0 aliphatic carbocycles. The molecule has 12 heavy (non-hydrogen) atoms. The molecule has 0 aromatic heterocycles. The predicted molar refractivity (Wildman–Crippen MR) is 47.8 cm³/mol. The van der Waals surface area contributed by atoms with Crippen LogP contribution in [0.3, 0.4) is 0 Å². The second-order valence-electron chi connectivity index (χ2n) is 2.39. The Morgan fingerprint density at radius 1 is 1.42 bits per heavy atom. The van der Waals surface area contributed by atoms with Gasteiger partial charge in [0.1, 0.15) is 9.84 Å². The fourth-order valence-corrected chi connectivity index (χ4v) is 2.98. The van der Waals surface area contributed by atoms with Crippen molar-refractivity contribution in [2.45, 2.75) is 6.42 Å². The summed E-state index contributed by atoms with van der Waals surface area (Å²) in [5.74, 6) is 0.345. The van der Waals surface area contributed by atoms with E-state index < -0.39 is 20.6 Å². The number of rotatable bonds is 5. The van der Waals surface area contributed by atoms with Crippen molar-refractivity contribution in [1.82, 2.24) is 0 Å². The van der Waals surface area contributed by atoms with Crippen molar-refractivity contribution < 1.29 is 12.6 Å². The maximum absolute atomic E-state index is 10.9. The number of nitrogens with zero attached hydrogens (tertiary/aromatic N) is 1. The Labute approximate surface area is 75.0 Å². The first kappa shape index (κ1) is 11.6. The van der Waals surface area contributed by atoms with Gasteiger partial charge in [0, 0.05) is 35.0 Å². The lowest BCUT2D eigenvalue weighted by molar-refractivity contribution is 0.602. The first-order valence-corrected chi connectivity index (χ1v) is 6.90. The highest BCUT2D eigenvalue weighted by Crippen LogP contribution is 1.90. The predicted octanol–water partition coefficient (Wildman–Crippen LogP) is -0.307. The van der Waals surface area contributed by atoms with Crippen LogP contribution in [0.1, 0.15) is 6.42 Å². The van der Waals surface area contributed by atoms with E-state index in [2.05, 4.69) is 0 Å². The van der Waals surface area contributed by atoms with Gasteiger partial charge in [-0.2, -0.15) is 5.26 Å². The van der Waals surface area contributed by atoms with Crippen LogP contribution in [0.15, 0.2) is 0 Å². The third kappa shape index (κ3) is 7.69. The first-order chi connectivity index (χ1) is 5.45. The standard InChI is InChI=1S/C6H11NO3S2/c1-12(9,10)6-5-11(8)4-2-3-7/h2,4-6H2,1H3. The number of hydrogen-bond donors (Lipinski definition) is 0. The second kappa shape index (κ2) is 5.27. The lowest BCUT2D eigenvalue weighted by Crippen LogP contribution is -2.13. The minimum absolute atomic E-state index is 0.0644. The van der Waals surface area contributed by atoms with Gasteiger partial charge in [0.15, 0.2) is 0 Å². The maximum Gasteiger partial charge on any atom is 0.148 e. The summed E-state index contributed by atoms with van der Waals surface area (Å²) in [6, 6.07) is 1.85. The zero-order valence-electron chi connectivity index (χ0n) is 6.82. The molecule has 0 radical (unpaired) electrons. The molecule has 0 rings (SSSR count). The minimum atomic E-state index is -3.02. The average molecular weight is 209 g/mol. The molecule has 70 valence electrons. The van der Waals surface area contributed by atoms with E-state index in [1.54, 1.807) is 0 Å². The van der Waals surface area contributed by atoms with Crippen LogP contribution in [0.5, 0.6) is 0 Å². The molecule has 1 atom stereocenters. The molecule has 0 saturated carbocycles. The molecule has 0 bridgehead atoms. The minimum Gasteiger partial charge on any atom is -0.260 e. The van der Waals surface area contributed by atoms with E-state index in [4.69, 9.17) is 5.26 Å². The van der Waals surface area contributed by atoms with Gasteiger partial charge in [-0.3, -0.25) is 4.21 Å². The lowest BCUT2D eigenvalue weighted by atomic mass is 10.6. The van der Waals surface area contributed by atoms with Crippen LogP contribution in [0.2, 0.25) is 0 Å². The molecular formula is C6H11NO3S2. The highest BCUT2D eigenvalue weighted by atomic mass is 32.2. The van der Waals surface area contributed by atoms with Gasteiger partial charge in [-0.05, 0) is 0 Å². The van der Waals surface area contributed by atoms with Gasteiger partial charge in [0.2, 0.25) is 0 Å². The Morgan fingerprint density at radius 3 is 2.42 bits per heavy atom. The lowest BCUT2D eigenvalue weighted by Gasteiger charge is -1.96. The van der Waals surface area contributed by atoms with E-state index in [9.17, 15) is 12.6 Å². The van der Waals surface area contributed by atoms with Gasteiger partial charge in [-0.15, -0.1) is 0 Å². The van der Waals surface area contributed by atoms with Gasteiger partial charge >= 0.3 is 0 Å². The van der Waals surface area contributed by atoms with Gasteiger partial charge in [0.25, 0.3) is 0 Å². The SMILES string of the molecule is CS(=O)(=O)CCS(=O)CCC#N. The van der Waals surface area contributed by atoms with E-state index in [1.165, 1.54) is 0 Å². The summed E-state index contributed by atoms with van der Waals surface area (Å²) in [4.78, 5) is 0. The van der Waals surface area contributed by atoms with Crippen LogP contribution in [0, 0.1) is 11.3 Å². The van der Waals surface area contributed by atoms with Crippen molar-refractivity contribution in [3.8, 4) is 6.07 Å². The van der Waals surface area contributed by atoms with Crippen molar-refractivity contribution in [2.75, 3.05) is 23.5 Å². The van der Waals surface area contributed by atoms with Crippen LogP contribution >= 0.6 is 0 Å². The highest BCUT2D eigenvalue weighted by molar-refractivity contribution is 7.92. The van der Waals surface area contributed by atoms with Gasteiger partial charge in [-0.1, -0.05) is 0 Å². The summed E-state index contributed by atoms with van der Waals surface area (Å²) in [6.45, 7) is 0. The van der Waals surface area contributed by atoms with Crippen LogP contribution in [0.25, 0.3) is 0 Å². The molecule has 4 nitrogen and oxygen atoms in total. The Balaban J connectivity index is 3.67. The zero-order valence-corrected chi connectivity index (χ0v) is 8.45. The van der Waals surface area contributed by atoms with E-state index in [1.807, 2.05) is 6.07 Å². The van der Waals surface area contributed by atoms with E-state index >= 15 is 0 Å². The third-order valence-electron chi connectivity index (χ3n) is 1.12. The van der Waals surface area contributed by atoms with Crippen LogP contribution in [0.4, 0.5) is 0 Å². The highest BCUT2D eigenvalue weighted by Gasteiger charge is 2.05. The summed E-state index contributed by atoms with van der Waals surface area (Å²) < 4.78 is 32.2. The summed E-state index contributed by atoms with van der Waals surface area (Å²) in [7, 11) is -4.19. The van der Waals surface area contributed by atoms with E-state index in [0.717, 1.165) is 6.26 Å². The molecule has 1 unspecified atom stereocenters. The van der Waals surface area contributed by atoms with Gasteiger partial charge in [-0.25, -0.2) is 8.42 Å². The van der Waals surface area contributed by atoms with Crippen LogP contribution in [-0.2, 0) is 20.6 Å². The van der Waals surface area contributed by atoms with Crippen molar-refractivity contribution in [1.29, 1.82) is 5.26 Å². The quantitative estimate of drug-likeness (QED) is 0.622. The largest absolute Gasteiger partial charge is 0.260 e. The van der Waals surface area contributed by atoms with Crippen molar-refractivity contribution in [2.24, 2.45) is 0 Å². The maximum atomic E-state index is 10.9. The van der Waals surface area contributed by atoms with E-state index in [0.29, 0.717) is 0 Å². The molecule has 0 N–H and O–H groups in total. The first-order valence-electron chi connectivity index (χ1n) is 3.35. The van der Waals surface area contributed by atoms with Crippen molar-refractivity contribution >= 4 is 20.6 Å². The van der Waals surface area contributed by atoms with Gasteiger partial charge < -0.3 is 0 Å². The average Bonchev–Trinajstić information content (AvgIpc) is 1.95. The molecule has 0 aromatic carbocycles. The Bertz CT molecular complexity index is 288. The fraction of sp³-hybridized carbons (Fsp3) is 0.833. The molecule has 0 aromatic rings.